The first-order chi connectivity index (χ1) is 6.70. The van der Waals surface area contributed by atoms with Gasteiger partial charge < -0.3 is 9.72 Å². The highest BCUT2D eigenvalue weighted by Gasteiger charge is 2.05. The molecule has 2 heterocycles. The van der Waals surface area contributed by atoms with Crippen LogP contribution in [0.3, 0.4) is 0 Å². The van der Waals surface area contributed by atoms with Crippen LogP contribution in [-0.2, 0) is 4.79 Å². The van der Waals surface area contributed by atoms with Gasteiger partial charge in [0.15, 0.2) is 11.5 Å². The number of halogens is 1. The monoisotopic (exact) mass is 193 g/mol. The molecule has 0 unspecified atom stereocenters. The van der Waals surface area contributed by atoms with Gasteiger partial charge in [-0.1, -0.05) is 0 Å². The highest BCUT2D eigenvalue weighted by Crippen LogP contribution is 2.15. The maximum atomic E-state index is 13.3. The first-order valence-corrected chi connectivity index (χ1v) is 4.06. The third kappa shape index (κ3) is 1.32. The van der Waals surface area contributed by atoms with E-state index < -0.39 is 5.82 Å². The molecule has 72 valence electrons. The van der Waals surface area contributed by atoms with E-state index in [-0.39, 0.29) is 5.65 Å². The second-order valence-corrected chi connectivity index (χ2v) is 2.95. The Kier molecular flexibility index (Phi) is 1.92. The lowest BCUT2D eigenvalue weighted by molar-refractivity contribution is -0.105. The molecule has 0 bridgehead atoms. The lowest BCUT2D eigenvalue weighted by atomic mass is 10.4. The molecule has 0 aliphatic rings. The van der Waals surface area contributed by atoms with E-state index in [1.807, 2.05) is 0 Å². The van der Waals surface area contributed by atoms with Crippen LogP contribution in [0.5, 0.6) is 0 Å². The fourth-order valence-electron chi connectivity index (χ4n) is 1.33. The summed E-state index contributed by atoms with van der Waals surface area (Å²) in [5, 5.41) is 2.38. The van der Waals surface area contributed by atoms with Crippen LogP contribution in [0.25, 0.3) is 5.65 Å². The van der Waals surface area contributed by atoms with Crippen molar-refractivity contribution in [2.45, 2.75) is 6.92 Å². The Morgan fingerprint density at radius 1 is 1.57 bits per heavy atom. The van der Waals surface area contributed by atoms with Gasteiger partial charge in [0.2, 0.25) is 6.41 Å². The number of hydrogen-bond donors (Lipinski definition) is 1. The Morgan fingerprint density at radius 3 is 3.07 bits per heavy atom. The largest absolute Gasteiger partial charge is 0.327 e. The van der Waals surface area contributed by atoms with Crippen molar-refractivity contribution in [3.05, 3.63) is 30.0 Å². The molecule has 2 aromatic rings. The minimum Gasteiger partial charge on any atom is -0.327 e. The summed E-state index contributed by atoms with van der Waals surface area (Å²) in [7, 11) is 0. The van der Waals surface area contributed by atoms with Gasteiger partial charge in [0.05, 0.1) is 11.4 Å². The zero-order valence-corrected chi connectivity index (χ0v) is 7.49. The molecule has 0 saturated heterocycles. The number of carbonyl (C=O) groups excluding carboxylic acids is 1. The Labute approximate surface area is 79.4 Å². The zero-order valence-electron chi connectivity index (χ0n) is 7.49. The Morgan fingerprint density at radius 2 is 2.36 bits per heavy atom. The maximum Gasteiger partial charge on any atom is 0.211 e. The van der Waals surface area contributed by atoms with Crippen LogP contribution >= 0.6 is 0 Å². The number of amides is 1. The van der Waals surface area contributed by atoms with Gasteiger partial charge in [-0.3, -0.25) is 4.79 Å². The van der Waals surface area contributed by atoms with Crippen molar-refractivity contribution in [3.63, 3.8) is 0 Å². The number of nitrogens with zero attached hydrogens (tertiary/aromatic N) is 2. The van der Waals surface area contributed by atoms with E-state index in [1.54, 1.807) is 19.3 Å². The topological polar surface area (TPSA) is 46.4 Å². The van der Waals surface area contributed by atoms with Crippen LogP contribution in [0.1, 0.15) is 5.69 Å². The molecular formula is C9H8FN3O. The summed E-state index contributed by atoms with van der Waals surface area (Å²) in [4.78, 5) is 14.2. The van der Waals surface area contributed by atoms with Crippen molar-refractivity contribution in [2.75, 3.05) is 5.32 Å². The van der Waals surface area contributed by atoms with E-state index in [0.717, 1.165) is 5.69 Å². The van der Waals surface area contributed by atoms with Crippen molar-refractivity contribution in [1.82, 2.24) is 9.38 Å². The molecule has 0 spiro atoms. The molecule has 0 atom stereocenters. The first-order valence-electron chi connectivity index (χ1n) is 4.06. The number of imidazole rings is 1. The number of aromatic nitrogens is 2. The highest BCUT2D eigenvalue weighted by molar-refractivity contribution is 5.71. The number of fused-ring (bicyclic) bond motifs is 1. The lowest BCUT2D eigenvalue weighted by Gasteiger charge is -2.00. The van der Waals surface area contributed by atoms with E-state index >= 15 is 0 Å². The number of rotatable bonds is 2. The van der Waals surface area contributed by atoms with Crippen molar-refractivity contribution in [3.8, 4) is 0 Å². The number of pyridine rings is 1. The van der Waals surface area contributed by atoms with Crippen LogP contribution in [-0.4, -0.2) is 15.8 Å². The molecule has 0 aliphatic heterocycles. The number of nitrogens with one attached hydrogen (secondary N) is 1. The van der Waals surface area contributed by atoms with Gasteiger partial charge in [0.1, 0.15) is 0 Å². The van der Waals surface area contributed by atoms with Crippen LogP contribution in [0, 0.1) is 12.7 Å². The molecule has 2 aromatic heterocycles. The zero-order chi connectivity index (χ0) is 10.1. The van der Waals surface area contributed by atoms with Gasteiger partial charge >= 0.3 is 0 Å². The van der Waals surface area contributed by atoms with Crippen molar-refractivity contribution < 1.29 is 9.18 Å². The van der Waals surface area contributed by atoms with Crippen LogP contribution in [0.2, 0.25) is 0 Å². The molecule has 0 aliphatic carbocycles. The summed E-state index contributed by atoms with van der Waals surface area (Å²) in [6.45, 7) is 1.78. The standard InChI is InChI=1S/C9H8FN3O/c1-6-3-13-4-7(11-5-14)2-8(10)9(13)12-6/h2-5H,1H3,(H,11,14). The van der Waals surface area contributed by atoms with Crippen LogP contribution < -0.4 is 5.32 Å². The minimum atomic E-state index is -0.454. The van der Waals surface area contributed by atoms with E-state index in [0.29, 0.717) is 12.1 Å². The molecular weight excluding hydrogens is 185 g/mol. The summed E-state index contributed by atoms with van der Waals surface area (Å²) in [5.41, 5.74) is 1.40. The summed E-state index contributed by atoms with van der Waals surface area (Å²) >= 11 is 0. The second-order valence-electron chi connectivity index (χ2n) is 2.95. The van der Waals surface area contributed by atoms with Gasteiger partial charge in [-0.15, -0.1) is 0 Å². The van der Waals surface area contributed by atoms with Gasteiger partial charge in [0, 0.05) is 18.5 Å². The smallest absolute Gasteiger partial charge is 0.211 e. The molecule has 1 N–H and O–H groups in total. The predicted octanol–water partition coefficient (Wildman–Crippen LogP) is 1.35. The van der Waals surface area contributed by atoms with Gasteiger partial charge in [-0.25, -0.2) is 9.37 Å². The predicted molar refractivity (Wildman–Crippen MR) is 49.6 cm³/mol. The van der Waals surface area contributed by atoms with E-state index in [2.05, 4.69) is 10.3 Å². The second kappa shape index (κ2) is 3.10. The Hall–Kier alpha value is -1.91. The van der Waals surface area contributed by atoms with E-state index in [9.17, 15) is 9.18 Å². The molecule has 0 radical (unpaired) electrons. The minimum absolute atomic E-state index is 0.263. The quantitative estimate of drug-likeness (QED) is 0.732. The van der Waals surface area contributed by atoms with Gasteiger partial charge in [-0.2, -0.15) is 0 Å². The molecule has 0 saturated carbocycles. The molecule has 2 rings (SSSR count). The summed E-state index contributed by atoms with van der Waals surface area (Å²) < 4.78 is 14.9. The van der Waals surface area contributed by atoms with Crippen LogP contribution in [0.4, 0.5) is 10.1 Å². The third-order valence-corrected chi connectivity index (χ3v) is 1.85. The average molecular weight is 193 g/mol. The van der Waals surface area contributed by atoms with E-state index in [4.69, 9.17) is 0 Å². The number of hydrogen-bond acceptors (Lipinski definition) is 2. The van der Waals surface area contributed by atoms with Crippen LogP contribution in [0.15, 0.2) is 18.5 Å². The summed E-state index contributed by atoms with van der Waals surface area (Å²) in [6.07, 6.45) is 3.80. The molecule has 5 heteroatoms. The van der Waals surface area contributed by atoms with E-state index in [1.165, 1.54) is 10.5 Å². The lowest BCUT2D eigenvalue weighted by Crippen LogP contribution is -1.97. The molecule has 4 nitrogen and oxygen atoms in total. The van der Waals surface area contributed by atoms with Crippen molar-refractivity contribution in [1.29, 1.82) is 0 Å². The first kappa shape index (κ1) is 8.68. The molecule has 0 fully saturated rings. The normalized spacial score (nSPS) is 10.4. The molecule has 0 aromatic carbocycles. The van der Waals surface area contributed by atoms with Crippen molar-refractivity contribution >= 4 is 17.7 Å². The summed E-state index contributed by atoms with van der Waals surface area (Å²) in [6, 6.07) is 1.23. The Bertz CT molecular complexity index is 492. The number of aryl methyl sites for hydroxylation is 1. The third-order valence-electron chi connectivity index (χ3n) is 1.85. The molecule has 1 amide bonds. The average Bonchev–Trinajstić information content (AvgIpc) is 2.47. The molecule has 14 heavy (non-hydrogen) atoms. The number of anilines is 1. The highest BCUT2D eigenvalue weighted by atomic mass is 19.1. The SMILES string of the molecule is Cc1cn2cc(NC=O)cc(F)c2n1. The number of carbonyl (C=O) groups is 1. The Balaban J connectivity index is 2.64. The van der Waals surface area contributed by atoms with Crippen molar-refractivity contribution in [2.24, 2.45) is 0 Å². The van der Waals surface area contributed by atoms with Gasteiger partial charge in [-0.05, 0) is 6.92 Å². The van der Waals surface area contributed by atoms with Gasteiger partial charge in [0.25, 0.3) is 0 Å². The summed E-state index contributed by atoms with van der Waals surface area (Å²) in [5.74, 6) is -0.454. The maximum absolute atomic E-state index is 13.3. The fraction of sp³-hybridized carbons (Fsp3) is 0.111. The fourth-order valence-corrected chi connectivity index (χ4v) is 1.33.